The van der Waals surface area contributed by atoms with Crippen LogP contribution in [0.4, 0.5) is 6.01 Å². The van der Waals surface area contributed by atoms with Crippen molar-refractivity contribution in [3.8, 4) is 0 Å². The molecule has 8 heteroatoms. The van der Waals surface area contributed by atoms with Gasteiger partial charge in [0.05, 0.1) is 18.3 Å². The number of anilines is 1. The van der Waals surface area contributed by atoms with Crippen molar-refractivity contribution in [1.29, 1.82) is 0 Å². The van der Waals surface area contributed by atoms with Gasteiger partial charge in [0.2, 0.25) is 5.89 Å². The number of aromatic amines is 1. The number of rotatable bonds is 6. The lowest BCUT2D eigenvalue weighted by atomic mass is 10.1. The van der Waals surface area contributed by atoms with Crippen LogP contribution in [0.25, 0.3) is 0 Å². The van der Waals surface area contributed by atoms with Crippen molar-refractivity contribution < 1.29 is 4.42 Å². The Hall–Kier alpha value is -2.38. The first-order valence-electron chi connectivity index (χ1n) is 9.59. The van der Waals surface area contributed by atoms with Gasteiger partial charge in [-0.05, 0) is 43.2 Å². The lowest BCUT2D eigenvalue weighted by Gasteiger charge is -2.13. The number of nitrogens with one attached hydrogen (secondary N) is 1. The molecular formula is C20H27ClN6O. The third-order valence-corrected chi connectivity index (χ3v) is 5.15. The third kappa shape index (κ3) is 4.54. The zero-order chi connectivity index (χ0) is 18.6. The largest absolute Gasteiger partial charge is 0.406 e. The molecule has 2 aromatic heterocycles. The van der Waals surface area contributed by atoms with Crippen LogP contribution in [0.2, 0.25) is 0 Å². The summed E-state index contributed by atoms with van der Waals surface area (Å²) in [6, 6.07) is 10.2. The van der Waals surface area contributed by atoms with Crippen molar-refractivity contribution in [3.05, 3.63) is 58.7 Å². The summed E-state index contributed by atoms with van der Waals surface area (Å²) in [6.45, 7) is 0.640. The normalized spacial score (nSPS) is 14.6. The molecule has 7 nitrogen and oxygen atoms in total. The van der Waals surface area contributed by atoms with Gasteiger partial charge in [0, 0.05) is 12.7 Å². The predicted octanol–water partition coefficient (Wildman–Crippen LogP) is 3.36. The molecule has 1 aliphatic rings. The molecule has 150 valence electrons. The Morgan fingerprint density at radius 3 is 2.75 bits per heavy atom. The van der Waals surface area contributed by atoms with E-state index in [2.05, 4.69) is 20.4 Å². The van der Waals surface area contributed by atoms with Crippen molar-refractivity contribution in [2.45, 2.75) is 51.1 Å². The minimum Gasteiger partial charge on any atom is -0.406 e. The molecule has 4 rings (SSSR count). The quantitative estimate of drug-likeness (QED) is 0.613. The number of hydrogen-bond acceptors (Lipinski definition) is 6. The summed E-state index contributed by atoms with van der Waals surface area (Å²) in [7, 11) is 1.94. The summed E-state index contributed by atoms with van der Waals surface area (Å²) in [5.41, 5.74) is 11.1. The van der Waals surface area contributed by atoms with Gasteiger partial charge in [-0.1, -0.05) is 41.9 Å². The highest BCUT2D eigenvalue weighted by Crippen LogP contribution is 2.24. The fourth-order valence-corrected chi connectivity index (χ4v) is 3.64. The van der Waals surface area contributed by atoms with Crippen LogP contribution in [0.15, 0.2) is 34.7 Å². The first-order valence-corrected chi connectivity index (χ1v) is 9.59. The number of H-pyrrole nitrogens is 1. The molecule has 0 fully saturated rings. The van der Waals surface area contributed by atoms with Gasteiger partial charge in [-0.15, -0.1) is 17.5 Å². The van der Waals surface area contributed by atoms with Crippen molar-refractivity contribution >= 4 is 18.4 Å². The first kappa shape index (κ1) is 20.4. The Morgan fingerprint density at radius 2 is 1.93 bits per heavy atom. The maximum Gasteiger partial charge on any atom is 0.318 e. The van der Waals surface area contributed by atoms with Crippen LogP contribution >= 0.6 is 12.4 Å². The van der Waals surface area contributed by atoms with Gasteiger partial charge < -0.3 is 15.1 Å². The number of aromatic nitrogens is 4. The van der Waals surface area contributed by atoms with E-state index in [4.69, 9.17) is 10.2 Å². The highest BCUT2D eigenvalue weighted by Gasteiger charge is 2.20. The van der Waals surface area contributed by atoms with Crippen molar-refractivity contribution in [1.82, 2.24) is 20.4 Å². The predicted molar refractivity (Wildman–Crippen MR) is 111 cm³/mol. The summed E-state index contributed by atoms with van der Waals surface area (Å²) < 4.78 is 5.84. The van der Waals surface area contributed by atoms with E-state index in [0.717, 1.165) is 24.1 Å². The maximum atomic E-state index is 6.25. The van der Waals surface area contributed by atoms with Crippen LogP contribution in [-0.4, -0.2) is 27.4 Å². The summed E-state index contributed by atoms with van der Waals surface area (Å²) in [6.07, 6.45) is 6.58. The molecule has 3 aromatic rings. The fraction of sp³-hybridized carbons (Fsp3) is 0.450. The number of nitrogens with two attached hydrogens (primary N) is 1. The number of fused-ring (bicyclic) bond motifs is 1. The molecule has 0 radical (unpaired) electrons. The second-order valence-corrected chi connectivity index (χ2v) is 7.26. The van der Waals surface area contributed by atoms with E-state index in [0.29, 0.717) is 24.9 Å². The number of aryl methyl sites for hydroxylation is 1. The van der Waals surface area contributed by atoms with E-state index in [9.17, 15) is 0 Å². The van der Waals surface area contributed by atoms with E-state index in [1.54, 1.807) is 0 Å². The van der Waals surface area contributed by atoms with Gasteiger partial charge in [-0.3, -0.25) is 5.10 Å². The molecule has 2 heterocycles. The van der Waals surface area contributed by atoms with Gasteiger partial charge in [-0.25, -0.2) is 0 Å². The summed E-state index contributed by atoms with van der Waals surface area (Å²) >= 11 is 0. The van der Waals surface area contributed by atoms with E-state index >= 15 is 0 Å². The van der Waals surface area contributed by atoms with Crippen LogP contribution in [-0.2, 0) is 25.8 Å². The zero-order valence-electron chi connectivity index (χ0n) is 16.1. The van der Waals surface area contributed by atoms with Crippen LogP contribution in [0.1, 0.15) is 53.7 Å². The van der Waals surface area contributed by atoms with Gasteiger partial charge >= 0.3 is 6.01 Å². The SMILES string of the molecule is CN(Cc1n[nH]c2c1CCCCC2)c1nnc([C@H](N)Cc2ccccc2)o1.Cl. The second kappa shape index (κ2) is 9.21. The average molecular weight is 403 g/mol. The lowest BCUT2D eigenvalue weighted by Crippen LogP contribution is -2.18. The standard InChI is InChI=1S/C20H26N6O.ClH/c1-26(13-18-15-10-6-3-7-11-17(15)22-23-18)20-25-24-19(27-20)16(21)12-14-8-4-2-5-9-14;/h2,4-5,8-9,16H,3,6-7,10-13,21H2,1H3,(H,22,23);1H/t16-;/m1./s1. The van der Waals surface area contributed by atoms with Crippen molar-refractivity contribution in [2.24, 2.45) is 5.73 Å². The molecule has 0 spiro atoms. The summed E-state index contributed by atoms with van der Waals surface area (Å²) in [4.78, 5) is 1.94. The molecule has 1 aromatic carbocycles. The Balaban J connectivity index is 0.00000225. The Morgan fingerprint density at radius 1 is 1.14 bits per heavy atom. The minimum absolute atomic E-state index is 0. The Kier molecular flexibility index (Phi) is 6.70. The fourth-order valence-electron chi connectivity index (χ4n) is 3.64. The van der Waals surface area contributed by atoms with E-state index in [1.165, 1.54) is 30.5 Å². The molecule has 1 aliphatic carbocycles. The van der Waals surface area contributed by atoms with E-state index in [1.807, 2.05) is 42.3 Å². The third-order valence-electron chi connectivity index (χ3n) is 5.15. The minimum atomic E-state index is -0.316. The zero-order valence-corrected chi connectivity index (χ0v) is 16.9. The first-order chi connectivity index (χ1) is 13.2. The van der Waals surface area contributed by atoms with Crippen LogP contribution in [0.5, 0.6) is 0 Å². The molecule has 1 atom stereocenters. The highest BCUT2D eigenvalue weighted by atomic mass is 35.5. The molecular weight excluding hydrogens is 376 g/mol. The average Bonchev–Trinajstić information content (AvgIpc) is 3.24. The molecule has 28 heavy (non-hydrogen) atoms. The molecule has 0 aliphatic heterocycles. The molecule has 0 unspecified atom stereocenters. The summed E-state index contributed by atoms with van der Waals surface area (Å²) in [5.74, 6) is 0.460. The number of benzene rings is 1. The molecule has 0 amide bonds. The Bertz CT molecular complexity index is 878. The van der Waals surface area contributed by atoms with Gasteiger partial charge in [0.15, 0.2) is 0 Å². The Labute approximate surface area is 171 Å². The highest BCUT2D eigenvalue weighted by molar-refractivity contribution is 5.85. The summed E-state index contributed by atoms with van der Waals surface area (Å²) in [5, 5.41) is 16.1. The smallest absolute Gasteiger partial charge is 0.318 e. The second-order valence-electron chi connectivity index (χ2n) is 7.26. The maximum absolute atomic E-state index is 6.25. The van der Waals surface area contributed by atoms with E-state index in [-0.39, 0.29) is 18.4 Å². The monoisotopic (exact) mass is 402 g/mol. The molecule has 0 saturated heterocycles. The topological polar surface area (TPSA) is 96.9 Å². The number of halogens is 1. The molecule has 0 saturated carbocycles. The van der Waals surface area contributed by atoms with Gasteiger partial charge in [0.1, 0.15) is 0 Å². The van der Waals surface area contributed by atoms with Crippen LogP contribution in [0.3, 0.4) is 0 Å². The van der Waals surface area contributed by atoms with Gasteiger partial charge in [-0.2, -0.15) is 5.10 Å². The van der Waals surface area contributed by atoms with Gasteiger partial charge in [0.25, 0.3) is 0 Å². The number of hydrogen-bond donors (Lipinski definition) is 2. The van der Waals surface area contributed by atoms with Crippen molar-refractivity contribution in [3.63, 3.8) is 0 Å². The van der Waals surface area contributed by atoms with Crippen LogP contribution in [0, 0.1) is 0 Å². The lowest BCUT2D eigenvalue weighted by molar-refractivity contribution is 0.446. The van der Waals surface area contributed by atoms with Crippen molar-refractivity contribution in [2.75, 3.05) is 11.9 Å². The van der Waals surface area contributed by atoms with Crippen LogP contribution < -0.4 is 10.6 Å². The molecule has 3 N–H and O–H groups in total. The molecule has 0 bridgehead atoms. The number of nitrogens with zero attached hydrogens (tertiary/aromatic N) is 4. The van der Waals surface area contributed by atoms with E-state index < -0.39 is 0 Å².